The minimum atomic E-state index is -0.348. The summed E-state index contributed by atoms with van der Waals surface area (Å²) >= 11 is 0. The topological polar surface area (TPSA) is 173 Å². The smallest absolute Gasteiger partial charge is 0.306 e. The zero-order chi connectivity index (χ0) is 42.0. The molecule has 2 N–H and O–H groups in total. The monoisotopic (exact) mass is 880 g/mol. The molecule has 0 atom stereocenters. The van der Waals surface area contributed by atoms with Crippen LogP contribution in [0.1, 0.15) is 96.8 Å². The fourth-order valence-corrected chi connectivity index (χ4v) is 6.01. The highest BCUT2D eigenvalue weighted by Crippen LogP contribution is 2.11. The summed E-state index contributed by atoms with van der Waals surface area (Å²) in [5, 5.41) is 5.92. The van der Waals surface area contributed by atoms with E-state index in [0.717, 1.165) is 30.5 Å². The third-order valence-corrected chi connectivity index (χ3v) is 9.89. The van der Waals surface area contributed by atoms with Gasteiger partial charge in [-0.25, -0.2) is 0 Å². The maximum absolute atomic E-state index is 13.0. The zero-order valence-electron chi connectivity index (χ0n) is 36.3. The molecule has 0 aromatic carbocycles. The van der Waals surface area contributed by atoms with Gasteiger partial charge in [-0.2, -0.15) is 0 Å². The maximum Gasteiger partial charge on any atom is 0.306 e. The Labute approximate surface area is 353 Å². The number of methoxy groups -OCH3 is 4. The van der Waals surface area contributed by atoms with Crippen LogP contribution in [0, 0.1) is 0 Å². The fraction of sp³-hybridized carbons (Fsp3) is 0.850. The van der Waals surface area contributed by atoms with Gasteiger partial charge in [0.15, 0.2) is 0 Å². The SMILES string of the molecule is CCCCCCCCCC[N+](C)(C)CCN(CCC(=O)NCCN(CCC(=O)OC)CCC(=O)OC)CCC(=O)NCCN(CCC(=O)OC)CCC(=O)OC.[Br-]. The average Bonchev–Trinajstić information content (AvgIpc) is 3.19. The number of amides is 2. The zero-order valence-corrected chi connectivity index (χ0v) is 37.9. The Kier molecular flexibility index (Phi) is 35.8. The van der Waals surface area contributed by atoms with Crippen LogP contribution in [0.15, 0.2) is 0 Å². The molecule has 0 heterocycles. The molecular weight excluding hydrogens is 804 g/mol. The summed E-state index contributed by atoms with van der Waals surface area (Å²) in [6.07, 6.45) is 11.4. The minimum absolute atomic E-state index is 0. The van der Waals surface area contributed by atoms with Crippen molar-refractivity contribution in [2.24, 2.45) is 0 Å². The minimum Gasteiger partial charge on any atom is -1.00 e. The molecule has 0 saturated heterocycles. The number of likely N-dealkylation sites (N-methyl/N-ethyl adjacent to an activating group) is 1. The van der Waals surface area contributed by atoms with Crippen molar-refractivity contribution in [3.05, 3.63) is 0 Å². The summed E-state index contributed by atoms with van der Waals surface area (Å²) in [4.78, 5) is 78.7. The molecule has 0 aliphatic heterocycles. The van der Waals surface area contributed by atoms with Crippen molar-refractivity contribution in [1.82, 2.24) is 25.3 Å². The molecule has 57 heavy (non-hydrogen) atoms. The third-order valence-electron chi connectivity index (χ3n) is 9.89. The molecule has 0 rings (SSSR count). The maximum atomic E-state index is 13.0. The summed E-state index contributed by atoms with van der Waals surface area (Å²) in [6, 6.07) is 0. The first-order chi connectivity index (χ1) is 26.8. The molecule has 0 saturated carbocycles. The number of nitrogens with one attached hydrogen (secondary N) is 2. The van der Waals surface area contributed by atoms with Crippen molar-refractivity contribution < 1.29 is 69.2 Å². The highest BCUT2D eigenvalue weighted by atomic mass is 79.9. The second-order valence-corrected chi connectivity index (χ2v) is 14.9. The van der Waals surface area contributed by atoms with Crippen molar-refractivity contribution in [2.45, 2.75) is 96.8 Å². The normalized spacial score (nSPS) is 11.3. The first-order valence-electron chi connectivity index (χ1n) is 20.6. The van der Waals surface area contributed by atoms with Crippen LogP contribution in [0.4, 0.5) is 0 Å². The lowest BCUT2D eigenvalue weighted by Crippen LogP contribution is -3.00. The van der Waals surface area contributed by atoms with Crippen molar-refractivity contribution >= 4 is 35.7 Å². The molecule has 0 bridgehead atoms. The fourth-order valence-electron chi connectivity index (χ4n) is 6.01. The Morgan fingerprint density at radius 2 is 0.754 bits per heavy atom. The molecule has 0 fully saturated rings. The number of hydrogen-bond acceptors (Lipinski definition) is 13. The van der Waals surface area contributed by atoms with Crippen LogP contribution < -0.4 is 27.6 Å². The number of rotatable bonds is 36. The average molecular weight is 882 g/mol. The van der Waals surface area contributed by atoms with E-state index in [0.29, 0.717) is 65.4 Å². The lowest BCUT2D eigenvalue weighted by Gasteiger charge is -2.33. The van der Waals surface area contributed by atoms with E-state index < -0.39 is 0 Å². The summed E-state index contributed by atoms with van der Waals surface area (Å²) in [6.45, 7) is 9.05. The molecule has 0 aliphatic rings. The highest BCUT2D eigenvalue weighted by molar-refractivity contribution is 5.76. The number of ether oxygens (including phenoxy) is 4. The number of esters is 4. The first kappa shape index (κ1) is 56.2. The van der Waals surface area contributed by atoms with Crippen LogP contribution in [0.5, 0.6) is 0 Å². The first-order valence-corrected chi connectivity index (χ1v) is 20.6. The predicted octanol–water partition coefficient (Wildman–Crippen LogP) is -0.621. The van der Waals surface area contributed by atoms with E-state index >= 15 is 0 Å². The number of carbonyl (C=O) groups excluding carboxylic acids is 6. The van der Waals surface area contributed by atoms with E-state index in [9.17, 15) is 28.8 Å². The number of halogens is 1. The van der Waals surface area contributed by atoms with Gasteiger partial charge in [-0.05, 0) is 12.8 Å². The van der Waals surface area contributed by atoms with Crippen molar-refractivity contribution in [2.75, 3.05) is 128 Å². The van der Waals surface area contributed by atoms with Gasteiger partial charge in [0.25, 0.3) is 0 Å². The molecule has 2 amide bonds. The Balaban J connectivity index is 0. The number of carbonyl (C=O) groups is 6. The number of hydrogen-bond donors (Lipinski definition) is 2. The Morgan fingerprint density at radius 1 is 0.439 bits per heavy atom. The molecule has 0 aromatic rings. The number of nitrogens with zero attached hydrogens (tertiary/aromatic N) is 4. The predicted molar refractivity (Wildman–Crippen MR) is 216 cm³/mol. The van der Waals surface area contributed by atoms with E-state index in [1.165, 1.54) is 73.4 Å². The van der Waals surface area contributed by atoms with Crippen LogP contribution in [0.3, 0.4) is 0 Å². The van der Waals surface area contributed by atoms with Crippen LogP contribution in [0.2, 0.25) is 0 Å². The van der Waals surface area contributed by atoms with Gasteiger partial charge < -0.3 is 60.8 Å². The quantitative estimate of drug-likeness (QED) is 0.0354. The third kappa shape index (κ3) is 33.8. The molecule has 0 aromatic heterocycles. The molecule has 0 unspecified atom stereocenters. The van der Waals surface area contributed by atoms with Gasteiger partial charge >= 0.3 is 23.9 Å². The van der Waals surface area contributed by atoms with Gasteiger partial charge in [-0.1, -0.05) is 45.4 Å². The summed E-state index contributed by atoms with van der Waals surface area (Å²) < 4.78 is 19.8. The summed E-state index contributed by atoms with van der Waals surface area (Å²) in [7, 11) is 9.79. The van der Waals surface area contributed by atoms with E-state index in [-0.39, 0.29) is 91.2 Å². The summed E-state index contributed by atoms with van der Waals surface area (Å²) in [5.74, 6) is -1.63. The number of quaternary nitrogens is 1. The van der Waals surface area contributed by atoms with Gasteiger partial charge in [0, 0.05) is 84.8 Å². The number of unbranched alkanes of at least 4 members (excludes halogenated alkanes) is 7. The second-order valence-electron chi connectivity index (χ2n) is 14.9. The largest absolute Gasteiger partial charge is 1.00 e. The second kappa shape index (κ2) is 36.2. The molecule has 0 aliphatic carbocycles. The van der Waals surface area contributed by atoms with Gasteiger partial charge in [0.1, 0.15) is 0 Å². The van der Waals surface area contributed by atoms with Gasteiger partial charge in [-0.3, -0.25) is 33.7 Å². The Bertz CT molecular complexity index is 1010. The molecule has 0 spiro atoms. The van der Waals surface area contributed by atoms with E-state index in [1.54, 1.807) is 0 Å². The highest BCUT2D eigenvalue weighted by Gasteiger charge is 2.19. The van der Waals surface area contributed by atoms with Crippen molar-refractivity contribution in [1.29, 1.82) is 0 Å². The van der Waals surface area contributed by atoms with Crippen LogP contribution in [-0.2, 0) is 47.7 Å². The Morgan fingerprint density at radius 3 is 1.11 bits per heavy atom. The van der Waals surface area contributed by atoms with Crippen LogP contribution in [0.25, 0.3) is 0 Å². The van der Waals surface area contributed by atoms with E-state index in [1.807, 2.05) is 9.80 Å². The molecule has 17 heteroatoms. The van der Waals surface area contributed by atoms with Gasteiger partial charge in [0.05, 0.1) is 81.3 Å². The van der Waals surface area contributed by atoms with Gasteiger partial charge in [0.2, 0.25) is 11.8 Å². The van der Waals surface area contributed by atoms with E-state index in [2.05, 4.69) is 36.6 Å². The lowest BCUT2D eigenvalue weighted by atomic mass is 10.1. The standard InChI is InChI=1S/C40H76N6O10.BrH/c1-8-9-10-11-12-13-14-15-33-46(2,3)34-32-45(24-16-35(47)41-22-30-43(26-18-37(49)53-4)27-19-38(50)54-5)25-17-36(48)42-23-31-44(28-20-39(51)55-6)29-21-40(52)56-7;/h8-34H2,1-7H3,(H-,41,42,47,48);1H. The summed E-state index contributed by atoms with van der Waals surface area (Å²) in [5.41, 5.74) is 0. The van der Waals surface area contributed by atoms with Gasteiger partial charge in [-0.15, -0.1) is 0 Å². The lowest BCUT2D eigenvalue weighted by molar-refractivity contribution is -0.890. The molecule has 334 valence electrons. The van der Waals surface area contributed by atoms with E-state index in [4.69, 9.17) is 18.9 Å². The molecule has 16 nitrogen and oxygen atoms in total. The van der Waals surface area contributed by atoms with Crippen LogP contribution in [-0.4, -0.2) is 182 Å². The Hall–Kier alpha value is -2.86. The van der Waals surface area contributed by atoms with Crippen molar-refractivity contribution in [3.63, 3.8) is 0 Å². The van der Waals surface area contributed by atoms with Crippen molar-refractivity contribution in [3.8, 4) is 0 Å². The van der Waals surface area contributed by atoms with Crippen LogP contribution >= 0.6 is 0 Å². The molecule has 0 radical (unpaired) electrons. The molecular formula is C40H77BrN6O10.